The Morgan fingerprint density at radius 3 is 2.22 bits per heavy atom. The number of nitrogens with one attached hydrogen (secondary N) is 1. The fraction of sp³-hybridized carbons (Fsp3) is 0.435. The highest BCUT2D eigenvalue weighted by Crippen LogP contribution is 2.33. The zero-order chi connectivity index (χ0) is 18.5. The van der Waals surface area contributed by atoms with Gasteiger partial charge in [-0.15, -0.1) is 0 Å². The van der Waals surface area contributed by atoms with Crippen LogP contribution in [-0.4, -0.2) is 26.3 Å². The van der Waals surface area contributed by atoms with Gasteiger partial charge < -0.3 is 14.8 Å². The molecule has 2 aliphatic rings. The van der Waals surface area contributed by atoms with Gasteiger partial charge in [0.1, 0.15) is 11.5 Å². The zero-order valence-corrected chi connectivity index (χ0v) is 15.6. The highest BCUT2D eigenvalue weighted by atomic mass is 16.5. The van der Waals surface area contributed by atoms with E-state index >= 15 is 0 Å². The van der Waals surface area contributed by atoms with Crippen LogP contribution in [0.5, 0.6) is 11.5 Å². The second kappa shape index (κ2) is 8.45. The molecule has 0 aromatic heterocycles. The van der Waals surface area contributed by atoms with Gasteiger partial charge >= 0.3 is 0 Å². The first-order valence-corrected chi connectivity index (χ1v) is 9.88. The first kappa shape index (κ1) is 17.9. The Balaban J connectivity index is 1.36. The van der Waals surface area contributed by atoms with Gasteiger partial charge in [0, 0.05) is 12.5 Å². The molecule has 1 saturated carbocycles. The Morgan fingerprint density at radius 2 is 1.56 bits per heavy atom. The number of hydrogen-bond acceptors (Lipinski definition) is 4. The number of rotatable bonds is 7. The van der Waals surface area contributed by atoms with Crippen LogP contribution < -0.4 is 14.8 Å². The van der Waals surface area contributed by atoms with E-state index in [9.17, 15) is 0 Å². The lowest BCUT2D eigenvalue weighted by molar-refractivity contribution is 0.197. The van der Waals surface area contributed by atoms with Crippen molar-refractivity contribution in [2.24, 2.45) is 11.8 Å². The van der Waals surface area contributed by atoms with Crippen molar-refractivity contribution >= 4 is 0 Å². The summed E-state index contributed by atoms with van der Waals surface area (Å²) in [4.78, 5) is 0. The van der Waals surface area contributed by atoms with Crippen LogP contribution in [0, 0.1) is 23.2 Å². The zero-order valence-electron chi connectivity index (χ0n) is 15.6. The van der Waals surface area contributed by atoms with Gasteiger partial charge in [-0.2, -0.15) is 5.26 Å². The Hall–Kier alpha value is -2.51. The fourth-order valence-corrected chi connectivity index (χ4v) is 3.68. The van der Waals surface area contributed by atoms with Gasteiger partial charge in [-0.1, -0.05) is 12.1 Å². The quantitative estimate of drug-likeness (QED) is 0.805. The third-order valence-corrected chi connectivity index (χ3v) is 5.55. The van der Waals surface area contributed by atoms with Crippen molar-refractivity contribution in [1.29, 1.82) is 5.26 Å². The Morgan fingerprint density at radius 1 is 0.889 bits per heavy atom. The van der Waals surface area contributed by atoms with Crippen LogP contribution in [0.2, 0.25) is 0 Å². The summed E-state index contributed by atoms with van der Waals surface area (Å²) in [6.45, 7) is 3.52. The van der Waals surface area contributed by atoms with Crippen LogP contribution in [0.25, 0.3) is 0 Å². The number of nitriles is 1. The van der Waals surface area contributed by atoms with E-state index < -0.39 is 0 Å². The minimum Gasteiger partial charge on any atom is -0.493 e. The fourth-order valence-electron chi connectivity index (χ4n) is 3.68. The first-order valence-electron chi connectivity index (χ1n) is 9.88. The molecule has 4 nitrogen and oxygen atoms in total. The standard InChI is InChI=1S/C23H26N2O2/c24-13-17-3-7-21(8-4-17)27-16-20-14-25-12-11-23(20)19-5-9-22(10-6-19)26-15-18-1-2-18/h3-10,18,20,23,25H,1-2,11-12,14-16H2/t20-,23-/m1/s1. The van der Waals surface area contributed by atoms with Gasteiger partial charge in [0.25, 0.3) is 0 Å². The molecule has 27 heavy (non-hydrogen) atoms. The average molecular weight is 362 g/mol. The van der Waals surface area contributed by atoms with Crippen LogP contribution in [-0.2, 0) is 0 Å². The predicted octanol–water partition coefficient (Wildman–Crippen LogP) is 4.12. The van der Waals surface area contributed by atoms with Crippen LogP contribution >= 0.6 is 0 Å². The number of nitrogens with zero attached hydrogens (tertiary/aromatic N) is 1. The molecule has 2 aromatic carbocycles. The molecule has 140 valence electrons. The van der Waals surface area contributed by atoms with Gasteiger partial charge in [-0.3, -0.25) is 0 Å². The van der Waals surface area contributed by atoms with E-state index in [-0.39, 0.29) is 0 Å². The third kappa shape index (κ3) is 4.81. The van der Waals surface area contributed by atoms with Gasteiger partial charge in [0.05, 0.1) is 24.8 Å². The molecule has 1 N–H and O–H groups in total. The normalized spacial score (nSPS) is 22.0. The molecule has 0 radical (unpaired) electrons. The smallest absolute Gasteiger partial charge is 0.119 e. The number of ether oxygens (including phenoxy) is 2. The number of piperidine rings is 1. The molecule has 2 aromatic rings. The Labute approximate surface area is 161 Å². The Kier molecular flexibility index (Phi) is 5.60. The molecule has 4 rings (SSSR count). The summed E-state index contributed by atoms with van der Waals surface area (Å²) in [6, 6.07) is 18.1. The lowest BCUT2D eigenvalue weighted by Gasteiger charge is -2.32. The summed E-state index contributed by atoms with van der Waals surface area (Å²) in [5, 5.41) is 12.4. The molecule has 2 atom stereocenters. The van der Waals surface area contributed by atoms with Crippen molar-refractivity contribution in [3.63, 3.8) is 0 Å². The van der Waals surface area contributed by atoms with E-state index in [1.54, 1.807) is 12.1 Å². The average Bonchev–Trinajstić information content (AvgIpc) is 3.56. The molecule has 0 unspecified atom stereocenters. The van der Waals surface area contributed by atoms with Crippen LogP contribution in [0.4, 0.5) is 0 Å². The maximum atomic E-state index is 8.90. The lowest BCUT2D eigenvalue weighted by Crippen LogP contribution is -2.38. The molecular formula is C23H26N2O2. The third-order valence-electron chi connectivity index (χ3n) is 5.55. The van der Waals surface area contributed by atoms with Crippen LogP contribution in [0.3, 0.4) is 0 Å². The first-order chi connectivity index (χ1) is 13.3. The van der Waals surface area contributed by atoms with Crippen molar-refractivity contribution in [1.82, 2.24) is 5.32 Å². The summed E-state index contributed by atoms with van der Waals surface area (Å²) in [7, 11) is 0. The molecule has 1 heterocycles. The minimum absolute atomic E-state index is 0.424. The predicted molar refractivity (Wildman–Crippen MR) is 105 cm³/mol. The summed E-state index contributed by atoms with van der Waals surface area (Å²) in [6.07, 6.45) is 3.74. The Bertz CT molecular complexity index is 776. The van der Waals surface area contributed by atoms with Crippen molar-refractivity contribution in [2.45, 2.75) is 25.2 Å². The molecule has 0 bridgehead atoms. The summed E-state index contributed by atoms with van der Waals surface area (Å²) in [5.41, 5.74) is 2.02. The monoisotopic (exact) mass is 362 g/mol. The SMILES string of the molecule is N#Cc1ccc(OC[C@H]2CNCC[C@@H]2c2ccc(OCC3CC3)cc2)cc1. The molecule has 0 spiro atoms. The van der Waals surface area contributed by atoms with E-state index in [1.807, 2.05) is 12.1 Å². The molecule has 2 fully saturated rings. The van der Waals surface area contributed by atoms with Crippen molar-refractivity contribution in [2.75, 3.05) is 26.3 Å². The second-order valence-corrected chi connectivity index (χ2v) is 7.63. The summed E-state index contributed by atoms with van der Waals surface area (Å²) in [5.74, 6) is 3.49. The highest BCUT2D eigenvalue weighted by Gasteiger charge is 2.27. The van der Waals surface area contributed by atoms with E-state index in [1.165, 1.54) is 18.4 Å². The number of benzene rings is 2. The number of hydrogen-bond donors (Lipinski definition) is 1. The van der Waals surface area contributed by atoms with Crippen molar-refractivity contribution in [3.8, 4) is 17.6 Å². The molecule has 1 saturated heterocycles. The summed E-state index contributed by atoms with van der Waals surface area (Å²) < 4.78 is 11.9. The molecule has 1 aliphatic carbocycles. The van der Waals surface area contributed by atoms with Gasteiger partial charge in [0.15, 0.2) is 0 Å². The summed E-state index contributed by atoms with van der Waals surface area (Å²) >= 11 is 0. The van der Waals surface area contributed by atoms with Gasteiger partial charge in [-0.25, -0.2) is 0 Å². The maximum absolute atomic E-state index is 8.90. The van der Waals surface area contributed by atoms with Gasteiger partial charge in [0.2, 0.25) is 0 Å². The maximum Gasteiger partial charge on any atom is 0.119 e. The van der Waals surface area contributed by atoms with E-state index in [4.69, 9.17) is 14.7 Å². The van der Waals surface area contributed by atoms with Crippen molar-refractivity contribution < 1.29 is 9.47 Å². The van der Waals surface area contributed by atoms with Gasteiger partial charge in [-0.05, 0) is 79.6 Å². The topological polar surface area (TPSA) is 54.3 Å². The van der Waals surface area contributed by atoms with E-state index in [0.29, 0.717) is 24.0 Å². The van der Waals surface area contributed by atoms with Crippen LogP contribution in [0.15, 0.2) is 48.5 Å². The lowest BCUT2D eigenvalue weighted by atomic mass is 9.81. The highest BCUT2D eigenvalue weighted by molar-refractivity contribution is 5.34. The van der Waals surface area contributed by atoms with E-state index in [2.05, 4.69) is 35.7 Å². The molecular weight excluding hydrogens is 336 g/mol. The molecule has 1 aliphatic heterocycles. The van der Waals surface area contributed by atoms with Crippen LogP contribution in [0.1, 0.15) is 36.3 Å². The minimum atomic E-state index is 0.424. The molecule has 4 heteroatoms. The largest absolute Gasteiger partial charge is 0.493 e. The second-order valence-electron chi connectivity index (χ2n) is 7.63. The van der Waals surface area contributed by atoms with E-state index in [0.717, 1.165) is 43.5 Å². The molecule has 0 amide bonds. The van der Waals surface area contributed by atoms with Crippen molar-refractivity contribution in [3.05, 3.63) is 59.7 Å².